The predicted molar refractivity (Wildman–Crippen MR) is 77.9 cm³/mol. The summed E-state index contributed by atoms with van der Waals surface area (Å²) in [7, 11) is 0. The quantitative estimate of drug-likeness (QED) is 0.273. The van der Waals surface area contributed by atoms with Gasteiger partial charge in [-0.2, -0.15) is 4.73 Å². The molecule has 9 heteroatoms. The number of nitro groups is 1. The Morgan fingerprint density at radius 3 is 3.00 bits per heavy atom. The predicted octanol–water partition coefficient (Wildman–Crippen LogP) is 1.45. The molecule has 0 radical (unpaired) electrons. The molecule has 1 aromatic heterocycles. The summed E-state index contributed by atoms with van der Waals surface area (Å²) in [5, 5.41) is 22.2. The molecule has 9 nitrogen and oxygen atoms in total. The van der Waals surface area contributed by atoms with Gasteiger partial charge in [0.05, 0.1) is 11.5 Å². The highest BCUT2D eigenvalue weighted by atomic mass is 16.7. The Bertz CT molecular complexity index is 806. The van der Waals surface area contributed by atoms with E-state index in [1.165, 1.54) is 30.5 Å². The number of fused-ring (bicyclic) bond motifs is 1. The zero-order chi connectivity index (χ0) is 17.1. The molecule has 2 aromatic rings. The number of carbonyl (C=O) groups is 1. The fraction of sp³-hybridized carbons (Fsp3) is 0.200. The molecule has 0 unspecified atom stereocenters. The number of aromatic nitrogens is 1. The van der Waals surface area contributed by atoms with Gasteiger partial charge in [-0.3, -0.25) is 10.1 Å². The molecule has 1 aromatic carbocycles. The van der Waals surface area contributed by atoms with E-state index in [2.05, 4.69) is 0 Å². The van der Waals surface area contributed by atoms with Crippen molar-refractivity contribution in [2.75, 3.05) is 6.79 Å². The Hall–Kier alpha value is -3.20. The van der Waals surface area contributed by atoms with E-state index in [1.807, 2.05) is 0 Å². The zero-order valence-electron chi connectivity index (χ0n) is 12.3. The smallest absolute Gasteiger partial charge is 0.344 e. The van der Waals surface area contributed by atoms with Gasteiger partial charge in [-0.25, -0.2) is 4.79 Å². The molecule has 0 spiro atoms. The molecule has 124 valence electrons. The van der Waals surface area contributed by atoms with E-state index in [-0.39, 0.29) is 31.3 Å². The van der Waals surface area contributed by atoms with Crippen LogP contribution < -0.4 is 9.47 Å². The molecule has 0 amide bonds. The van der Waals surface area contributed by atoms with Crippen LogP contribution in [0.15, 0.2) is 36.7 Å². The topological polar surface area (TPSA) is 115 Å². The summed E-state index contributed by atoms with van der Waals surface area (Å²) in [6.45, 7) is -0.0376. The van der Waals surface area contributed by atoms with Gasteiger partial charge >= 0.3 is 5.97 Å². The minimum Gasteiger partial charge on any atom is -0.619 e. The van der Waals surface area contributed by atoms with Gasteiger partial charge in [-0.05, 0) is 6.07 Å². The van der Waals surface area contributed by atoms with Crippen molar-refractivity contribution < 1.29 is 28.7 Å². The van der Waals surface area contributed by atoms with Crippen LogP contribution in [0.25, 0.3) is 0 Å². The minimum absolute atomic E-state index is 0.0145. The summed E-state index contributed by atoms with van der Waals surface area (Å²) < 4.78 is 16.1. The molecule has 0 saturated carbocycles. The summed E-state index contributed by atoms with van der Waals surface area (Å²) in [4.78, 5) is 22.5. The van der Waals surface area contributed by atoms with E-state index in [4.69, 9.17) is 14.2 Å². The molecule has 2 heterocycles. The van der Waals surface area contributed by atoms with E-state index < -0.39 is 10.9 Å². The van der Waals surface area contributed by atoms with Crippen LogP contribution in [0, 0.1) is 15.3 Å². The van der Waals surface area contributed by atoms with E-state index in [9.17, 15) is 20.1 Å². The number of nitro benzene ring substituents is 1. The molecule has 1 aliphatic rings. The van der Waals surface area contributed by atoms with E-state index in [0.717, 1.165) is 6.20 Å². The van der Waals surface area contributed by atoms with Crippen LogP contribution in [0.3, 0.4) is 0 Å². The van der Waals surface area contributed by atoms with E-state index >= 15 is 0 Å². The normalized spacial score (nSPS) is 12.8. The summed E-state index contributed by atoms with van der Waals surface area (Å²) in [5.74, 6) is -0.306. The van der Waals surface area contributed by atoms with Crippen LogP contribution in [0.1, 0.15) is 21.5 Å². The molecule has 0 fully saturated rings. The van der Waals surface area contributed by atoms with Crippen molar-refractivity contribution in [1.82, 2.24) is 0 Å². The first-order valence-corrected chi connectivity index (χ1v) is 6.91. The SMILES string of the molecule is O=C(OCc1cc([N+](=O)[O-])cc2c1OCOC2)c1ccc[n+]([O-])c1. The maximum Gasteiger partial charge on any atom is 0.344 e. The molecule has 0 atom stereocenters. The number of rotatable bonds is 4. The van der Waals surface area contributed by atoms with Gasteiger partial charge in [-0.15, -0.1) is 0 Å². The maximum absolute atomic E-state index is 12.0. The van der Waals surface area contributed by atoms with Crippen LogP contribution in [-0.4, -0.2) is 17.7 Å². The lowest BCUT2D eigenvalue weighted by Crippen LogP contribution is -2.26. The standard InChI is InChI=1S/C15H12N2O7/c18-15(10-2-1-3-16(19)6-10)23-8-12-5-13(17(20)21)4-11-7-22-9-24-14(11)12/h1-6H,7-9H2. The van der Waals surface area contributed by atoms with Crippen molar-refractivity contribution >= 4 is 11.7 Å². The number of ether oxygens (including phenoxy) is 3. The number of carbonyl (C=O) groups excluding carboxylic acids is 1. The lowest BCUT2D eigenvalue weighted by molar-refractivity contribution is -0.605. The second kappa shape index (κ2) is 6.50. The number of hydrogen-bond donors (Lipinski definition) is 0. The molecule has 0 N–H and O–H groups in total. The third-order valence-electron chi connectivity index (χ3n) is 3.35. The third kappa shape index (κ3) is 3.25. The van der Waals surface area contributed by atoms with Crippen LogP contribution in [0.5, 0.6) is 5.75 Å². The Balaban J connectivity index is 1.82. The Morgan fingerprint density at radius 2 is 2.25 bits per heavy atom. The lowest BCUT2D eigenvalue weighted by atomic mass is 10.1. The number of pyridine rings is 1. The summed E-state index contributed by atoms with van der Waals surface area (Å²) in [5.41, 5.74) is 0.808. The number of hydrogen-bond acceptors (Lipinski definition) is 7. The number of esters is 1. The van der Waals surface area contributed by atoms with Gasteiger partial charge in [0.2, 0.25) is 0 Å². The molecular weight excluding hydrogens is 320 g/mol. The molecule has 1 aliphatic heterocycles. The monoisotopic (exact) mass is 332 g/mol. The van der Waals surface area contributed by atoms with Gasteiger partial charge < -0.3 is 19.4 Å². The zero-order valence-corrected chi connectivity index (χ0v) is 12.3. The summed E-state index contributed by atoms with van der Waals surface area (Å²) >= 11 is 0. The Labute approximate surface area is 135 Å². The van der Waals surface area contributed by atoms with Gasteiger partial charge in [0, 0.05) is 29.3 Å². The highest BCUT2D eigenvalue weighted by Crippen LogP contribution is 2.33. The minimum atomic E-state index is -0.715. The van der Waals surface area contributed by atoms with E-state index in [1.54, 1.807) is 0 Å². The lowest BCUT2D eigenvalue weighted by Gasteiger charge is -2.20. The largest absolute Gasteiger partial charge is 0.619 e. The van der Waals surface area contributed by atoms with Gasteiger partial charge in [-0.1, -0.05) is 0 Å². The van der Waals surface area contributed by atoms with Crippen LogP contribution in [0.2, 0.25) is 0 Å². The van der Waals surface area contributed by atoms with Crippen LogP contribution >= 0.6 is 0 Å². The fourth-order valence-electron chi connectivity index (χ4n) is 2.30. The van der Waals surface area contributed by atoms with Gasteiger partial charge in [0.15, 0.2) is 19.2 Å². The van der Waals surface area contributed by atoms with Crippen molar-refractivity contribution in [1.29, 1.82) is 0 Å². The molecular formula is C15H12N2O7. The Morgan fingerprint density at radius 1 is 1.42 bits per heavy atom. The van der Waals surface area contributed by atoms with Gasteiger partial charge in [0.25, 0.3) is 5.69 Å². The molecule has 0 aliphatic carbocycles. The van der Waals surface area contributed by atoms with Gasteiger partial charge in [0.1, 0.15) is 17.9 Å². The van der Waals surface area contributed by atoms with Crippen molar-refractivity contribution in [2.45, 2.75) is 13.2 Å². The highest BCUT2D eigenvalue weighted by Gasteiger charge is 2.22. The summed E-state index contributed by atoms with van der Waals surface area (Å²) in [6.07, 6.45) is 2.32. The molecule has 3 rings (SSSR count). The molecule has 0 saturated heterocycles. The third-order valence-corrected chi connectivity index (χ3v) is 3.35. The molecule has 24 heavy (non-hydrogen) atoms. The highest BCUT2D eigenvalue weighted by molar-refractivity contribution is 5.88. The average Bonchev–Trinajstić information content (AvgIpc) is 2.59. The first-order chi connectivity index (χ1) is 11.5. The van der Waals surface area contributed by atoms with Crippen molar-refractivity contribution in [2.24, 2.45) is 0 Å². The number of nitrogens with zero attached hydrogens (tertiary/aromatic N) is 2. The first kappa shape index (κ1) is 15.7. The number of benzene rings is 1. The van der Waals surface area contributed by atoms with Crippen LogP contribution in [-0.2, 0) is 22.7 Å². The molecule has 0 bridgehead atoms. The van der Waals surface area contributed by atoms with E-state index in [0.29, 0.717) is 21.6 Å². The van der Waals surface area contributed by atoms with Crippen molar-refractivity contribution in [3.05, 3.63) is 68.7 Å². The van der Waals surface area contributed by atoms with Crippen molar-refractivity contribution in [3.8, 4) is 5.75 Å². The first-order valence-electron chi connectivity index (χ1n) is 6.91. The Kier molecular flexibility index (Phi) is 4.25. The second-order valence-electron chi connectivity index (χ2n) is 4.99. The fourth-order valence-corrected chi connectivity index (χ4v) is 2.30. The summed E-state index contributed by atoms with van der Waals surface area (Å²) in [6, 6.07) is 5.50. The second-order valence-corrected chi connectivity index (χ2v) is 4.99. The van der Waals surface area contributed by atoms with Crippen molar-refractivity contribution in [3.63, 3.8) is 0 Å². The van der Waals surface area contributed by atoms with Crippen LogP contribution in [0.4, 0.5) is 5.69 Å². The number of non-ortho nitro benzene ring substituents is 1. The average molecular weight is 332 g/mol. The maximum atomic E-state index is 12.0.